The molecule has 0 aliphatic carbocycles. The molecule has 1 heterocycles. The van der Waals surface area contributed by atoms with E-state index in [1.807, 2.05) is 59.4 Å². The Labute approximate surface area is 163 Å². The highest BCUT2D eigenvalue weighted by molar-refractivity contribution is 5.91. The fourth-order valence-corrected chi connectivity index (χ4v) is 2.87. The van der Waals surface area contributed by atoms with Crippen molar-refractivity contribution in [3.05, 3.63) is 83.9 Å². The van der Waals surface area contributed by atoms with Gasteiger partial charge in [-0.05, 0) is 48.7 Å². The van der Waals surface area contributed by atoms with Gasteiger partial charge in [0.2, 0.25) is 6.54 Å². The van der Waals surface area contributed by atoms with Crippen LogP contribution in [-0.4, -0.2) is 5.91 Å². The summed E-state index contributed by atoms with van der Waals surface area (Å²) in [6.07, 6.45) is 3.80. The molecule has 3 nitrogen and oxygen atoms in total. The number of hydrogen-bond acceptors (Lipinski definition) is 1. The number of anilines is 1. The molecular formula is C21H20BrFN2O. The maximum atomic E-state index is 13.4. The van der Waals surface area contributed by atoms with Crippen LogP contribution in [0.1, 0.15) is 11.1 Å². The molecule has 0 aliphatic rings. The zero-order valence-corrected chi connectivity index (χ0v) is 16.3. The Morgan fingerprint density at radius 3 is 2.27 bits per heavy atom. The lowest BCUT2D eigenvalue weighted by atomic mass is 10.1. The first-order valence-electron chi connectivity index (χ1n) is 8.14. The van der Waals surface area contributed by atoms with Gasteiger partial charge in [0, 0.05) is 17.3 Å². The van der Waals surface area contributed by atoms with Gasteiger partial charge in [-0.3, -0.25) is 4.79 Å². The molecule has 2 aromatic carbocycles. The van der Waals surface area contributed by atoms with Crippen molar-refractivity contribution in [3.8, 4) is 11.1 Å². The van der Waals surface area contributed by atoms with Crippen molar-refractivity contribution in [2.24, 2.45) is 0 Å². The first-order chi connectivity index (χ1) is 12.0. The lowest BCUT2D eigenvalue weighted by Crippen LogP contribution is -3.00. The second-order valence-electron chi connectivity index (χ2n) is 6.09. The van der Waals surface area contributed by atoms with Gasteiger partial charge in [0.1, 0.15) is 5.82 Å². The number of pyridine rings is 1. The third kappa shape index (κ3) is 4.76. The Morgan fingerprint density at radius 1 is 1.00 bits per heavy atom. The number of carbonyl (C=O) groups excluding carboxylic acids is 1. The van der Waals surface area contributed by atoms with Crippen molar-refractivity contribution in [2.75, 3.05) is 5.32 Å². The second kappa shape index (κ2) is 8.72. The predicted octanol–water partition coefficient (Wildman–Crippen LogP) is 1.04. The lowest BCUT2D eigenvalue weighted by Gasteiger charge is -2.11. The van der Waals surface area contributed by atoms with Crippen LogP contribution in [0.3, 0.4) is 0 Å². The first-order valence-corrected chi connectivity index (χ1v) is 8.14. The Hall–Kier alpha value is -2.53. The highest BCUT2D eigenvalue weighted by atomic mass is 79.9. The summed E-state index contributed by atoms with van der Waals surface area (Å²) >= 11 is 0. The number of nitrogens with one attached hydrogen (secondary N) is 1. The molecular weight excluding hydrogens is 395 g/mol. The zero-order valence-electron chi connectivity index (χ0n) is 14.7. The fourth-order valence-electron chi connectivity index (χ4n) is 2.87. The van der Waals surface area contributed by atoms with Crippen molar-refractivity contribution >= 4 is 11.6 Å². The molecule has 0 saturated carbocycles. The van der Waals surface area contributed by atoms with E-state index in [2.05, 4.69) is 5.32 Å². The quantitative estimate of drug-likeness (QED) is 0.635. The average Bonchev–Trinajstić information content (AvgIpc) is 2.59. The van der Waals surface area contributed by atoms with E-state index in [-0.39, 0.29) is 35.3 Å². The Kier molecular flexibility index (Phi) is 6.64. The number of benzene rings is 2. The van der Waals surface area contributed by atoms with E-state index in [9.17, 15) is 9.18 Å². The minimum atomic E-state index is -0.294. The van der Waals surface area contributed by atoms with E-state index in [1.165, 1.54) is 12.1 Å². The van der Waals surface area contributed by atoms with Gasteiger partial charge < -0.3 is 22.3 Å². The molecule has 134 valence electrons. The Balaban J connectivity index is 0.00000243. The number of aromatic nitrogens is 1. The van der Waals surface area contributed by atoms with Crippen molar-refractivity contribution in [2.45, 2.75) is 20.4 Å². The average molecular weight is 415 g/mol. The molecule has 3 aromatic rings. The largest absolute Gasteiger partial charge is 1.00 e. The molecule has 1 N–H and O–H groups in total. The molecule has 1 amide bonds. The standard InChI is InChI=1S/C21H19FN2O.BrH/c1-15-11-19(22)12-16(2)21(15)23-20(25)14-24-10-6-9-18(13-24)17-7-4-3-5-8-17;/h3-13H,14H2,1-2H3;1H. The topological polar surface area (TPSA) is 33.0 Å². The van der Waals surface area contributed by atoms with Gasteiger partial charge in [-0.25, -0.2) is 4.39 Å². The molecule has 0 radical (unpaired) electrons. The summed E-state index contributed by atoms with van der Waals surface area (Å²) in [5.41, 5.74) is 4.25. The summed E-state index contributed by atoms with van der Waals surface area (Å²) in [7, 11) is 0. The number of hydrogen-bond donors (Lipinski definition) is 1. The smallest absolute Gasteiger partial charge is 0.290 e. The molecule has 0 fully saturated rings. The highest BCUT2D eigenvalue weighted by Gasteiger charge is 2.14. The Morgan fingerprint density at radius 2 is 1.62 bits per heavy atom. The maximum Gasteiger partial charge on any atom is 0.290 e. The van der Waals surface area contributed by atoms with Crippen molar-refractivity contribution < 1.29 is 30.7 Å². The van der Waals surface area contributed by atoms with Gasteiger partial charge in [-0.2, -0.15) is 4.57 Å². The summed E-state index contributed by atoms with van der Waals surface area (Å²) < 4.78 is 15.2. The van der Waals surface area contributed by atoms with Crippen molar-refractivity contribution in [3.63, 3.8) is 0 Å². The molecule has 1 aromatic heterocycles. The molecule has 0 atom stereocenters. The van der Waals surface area contributed by atoms with Crippen LogP contribution < -0.4 is 26.9 Å². The molecule has 0 spiro atoms. The third-order valence-electron chi connectivity index (χ3n) is 4.05. The second-order valence-corrected chi connectivity index (χ2v) is 6.09. The number of amides is 1. The molecule has 0 unspecified atom stereocenters. The Bertz CT molecular complexity index is 890. The molecule has 3 rings (SSSR count). The van der Waals surface area contributed by atoms with E-state index in [0.29, 0.717) is 16.8 Å². The van der Waals surface area contributed by atoms with E-state index < -0.39 is 0 Å². The zero-order chi connectivity index (χ0) is 17.8. The summed E-state index contributed by atoms with van der Waals surface area (Å²) in [5, 5.41) is 2.89. The SMILES string of the molecule is Cc1cc(F)cc(C)c1NC(=O)C[n+]1cccc(-c2ccccc2)c1.[Br-]. The van der Waals surface area contributed by atoms with Crippen LogP contribution in [0.4, 0.5) is 10.1 Å². The van der Waals surface area contributed by atoms with Crippen LogP contribution in [0.15, 0.2) is 67.0 Å². The fraction of sp³-hybridized carbons (Fsp3) is 0.143. The minimum absolute atomic E-state index is 0. The molecule has 0 aliphatic heterocycles. The van der Waals surface area contributed by atoms with Crippen molar-refractivity contribution in [1.29, 1.82) is 0 Å². The number of rotatable bonds is 4. The van der Waals surface area contributed by atoms with Gasteiger partial charge in [-0.15, -0.1) is 0 Å². The number of halogens is 2. The molecule has 26 heavy (non-hydrogen) atoms. The van der Waals surface area contributed by atoms with E-state index in [4.69, 9.17) is 0 Å². The van der Waals surface area contributed by atoms with Crippen LogP contribution >= 0.6 is 0 Å². The van der Waals surface area contributed by atoms with Gasteiger partial charge in [0.15, 0.2) is 12.4 Å². The van der Waals surface area contributed by atoms with Crippen LogP contribution in [0, 0.1) is 19.7 Å². The first kappa shape index (κ1) is 19.8. The summed E-state index contributed by atoms with van der Waals surface area (Å²) in [5.74, 6) is -0.439. The van der Waals surface area contributed by atoms with Crippen LogP contribution in [0.5, 0.6) is 0 Å². The van der Waals surface area contributed by atoms with Crippen LogP contribution in [-0.2, 0) is 11.3 Å². The van der Waals surface area contributed by atoms with Gasteiger partial charge >= 0.3 is 0 Å². The summed E-state index contributed by atoms with van der Waals surface area (Å²) in [6, 6.07) is 16.8. The number of aryl methyl sites for hydroxylation is 2. The van der Waals surface area contributed by atoms with Gasteiger partial charge in [0.25, 0.3) is 5.91 Å². The summed E-state index contributed by atoms with van der Waals surface area (Å²) in [4.78, 5) is 12.4. The van der Waals surface area contributed by atoms with Crippen molar-refractivity contribution in [1.82, 2.24) is 0 Å². The highest BCUT2D eigenvalue weighted by Crippen LogP contribution is 2.21. The van der Waals surface area contributed by atoms with E-state index >= 15 is 0 Å². The van der Waals surface area contributed by atoms with Gasteiger partial charge in [0.05, 0.1) is 0 Å². The number of nitrogens with zero attached hydrogens (tertiary/aromatic N) is 1. The molecule has 0 bridgehead atoms. The van der Waals surface area contributed by atoms with E-state index in [0.717, 1.165) is 11.1 Å². The van der Waals surface area contributed by atoms with Gasteiger partial charge in [-0.1, -0.05) is 30.3 Å². The van der Waals surface area contributed by atoms with Crippen LogP contribution in [0.25, 0.3) is 11.1 Å². The minimum Gasteiger partial charge on any atom is -1.00 e. The monoisotopic (exact) mass is 414 g/mol. The normalized spacial score (nSPS) is 10.1. The third-order valence-corrected chi connectivity index (χ3v) is 4.05. The predicted molar refractivity (Wildman–Crippen MR) is 96.6 cm³/mol. The number of carbonyl (C=O) groups is 1. The maximum absolute atomic E-state index is 13.4. The molecule has 5 heteroatoms. The van der Waals surface area contributed by atoms with Crippen LogP contribution in [0.2, 0.25) is 0 Å². The molecule has 0 saturated heterocycles. The van der Waals surface area contributed by atoms with E-state index in [1.54, 1.807) is 13.8 Å². The lowest BCUT2D eigenvalue weighted by molar-refractivity contribution is -0.683. The summed E-state index contributed by atoms with van der Waals surface area (Å²) in [6.45, 7) is 3.76.